The molecule has 0 unspecified atom stereocenters. The molecule has 17 heavy (non-hydrogen) atoms. The molecule has 0 fully saturated rings. The minimum atomic E-state index is 0.543. The SMILES string of the molecule is Cc1c(N)n[nH]c1-c1ccc2c(c1)ncn2C. The van der Waals surface area contributed by atoms with Gasteiger partial charge < -0.3 is 10.3 Å². The highest BCUT2D eigenvalue weighted by atomic mass is 15.2. The summed E-state index contributed by atoms with van der Waals surface area (Å²) in [4.78, 5) is 4.34. The van der Waals surface area contributed by atoms with Gasteiger partial charge in [0.05, 0.1) is 23.1 Å². The Morgan fingerprint density at radius 3 is 2.88 bits per heavy atom. The predicted octanol–water partition coefficient (Wildman–Crippen LogP) is 1.85. The van der Waals surface area contributed by atoms with Gasteiger partial charge in [-0.05, 0) is 19.1 Å². The minimum absolute atomic E-state index is 0.543. The molecule has 3 rings (SSSR count). The second kappa shape index (κ2) is 3.35. The monoisotopic (exact) mass is 227 g/mol. The van der Waals surface area contributed by atoms with Gasteiger partial charge in [-0.3, -0.25) is 5.10 Å². The zero-order valence-corrected chi connectivity index (χ0v) is 9.73. The van der Waals surface area contributed by atoms with E-state index in [-0.39, 0.29) is 0 Å². The summed E-state index contributed by atoms with van der Waals surface area (Å²) in [6, 6.07) is 6.13. The number of imidazole rings is 1. The first-order valence-electron chi connectivity index (χ1n) is 5.38. The number of H-pyrrole nitrogens is 1. The van der Waals surface area contributed by atoms with Crippen LogP contribution in [0, 0.1) is 6.92 Å². The van der Waals surface area contributed by atoms with Crippen LogP contribution in [0.5, 0.6) is 0 Å². The van der Waals surface area contributed by atoms with Gasteiger partial charge in [-0.15, -0.1) is 0 Å². The van der Waals surface area contributed by atoms with E-state index in [0.717, 1.165) is 27.9 Å². The van der Waals surface area contributed by atoms with Gasteiger partial charge in [-0.2, -0.15) is 5.10 Å². The van der Waals surface area contributed by atoms with Crippen molar-refractivity contribution < 1.29 is 0 Å². The summed E-state index contributed by atoms with van der Waals surface area (Å²) in [6.07, 6.45) is 1.81. The van der Waals surface area contributed by atoms with Crippen LogP contribution in [0.15, 0.2) is 24.5 Å². The molecule has 0 saturated carbocycles. The molecule has 0 radical (unpaired) electrons. The second-order valence-corrected chi connectivity index (χ2v) is 4.17. The number of aromatic amines is 1. The number of anilines is 1. The molecule has 86 valence electrons. The van der Waals surface area contributed by atoms with E-state index in [0.29, 0.717) is 5.82 Å². The van der Waals surface area contributed by atoms with Crippen LogP contribution in [0.4, 0.5) is 5.82 Å². The van der Waals surface area contributed by atoms with E-state index in [1.165, 1.54) is 0 Å². The van der Waals surface area contributed by atoms with Crippen LogP contribution < -0.4 is 5.73 Å². The van der Waals surface area contributed by atoms with Gasteiger partial charge in [0.2, 0.25) is 0 Å². The van der Waals surface area contributed by atoms with Crippen molar-refractivity contribution in [2.45, 2.75) is 6.92 Å². The minimum Gasteiger partial charge on any atom is -0.382 e. The van der Waals surface area contributed by atoms with Crippen molar-refractivity contribution >= 4 is 16.9 Å². The van der Waals surface area contributed by atoms with Crippen molar-refractivity contribution in [3.63, 3.8) is 0 Å². The Morgan fingerprint density at radius 1 is 1.35 bits per heavy atom. The number of hydrogen-bond acceptors (Lipinski definition) is 3. The van der Waals surface area contributed by atoms with Gasteiger partial charge in [-0.25, -0.2) is 4.98 Å². The number of nitrogens with zero attached hydrogens (tertiary/aromatic N) is 3. The molecule has 2 aromatic heterocycles. The molecule has 3 N–H and O–H groups in total. The van der Waals surface area contributed by atoms with E-state index in [1.807, 2.05) is 43.1 Å². The molecule has 5 heteroatoms. The Kier molecular flexibility index (Phi) is 1.95. The first-order valence-corrected chi connectivity index (χ1v) is 5.38. The topological polar surface area (TPSA) is 72.5 Å². The molecule has 0 atom stereocenters. The molecule has 5 nitrogen and oxygen atoms in total. The fraction of sp³-hybridized carbons (Fsp3) is 0.167. The quantitative estimate of drug-likeness (QED) is 0.666. The van der Waals surface area contributed by atoms with Gasteiger partial charge in [0, 0.05) is 18.2 Å². The highest BCUT2D eigenvalue weighted by molar-refractivity contribution is 5.82. The maximum Gasteiger partial charge on any atom is 0.148 e. The fourth-order valence-electron chi connectivity index (χ4n) is 1.98. The standard InChI is InChI=1S/C12H13N5/c1-7-11(15-16-12(7)13)8-3-4-10-9(5-8)14-6-17(10)2/h3-6H,1-2H3,(H3,13,15,16). The summed E-state index contributed by atoms with van der Waals surface area (Å²) in [6.45, 7) is 1.96. The first-order chi connectivity index (χ1) is 8.16. The number of rotatable bonds is 1. The van der Waals surface area contributed by atoms with E-state index >= 15 is 0 Å². The van der Waals surface area contributed by atoms with Crippen molar-refractivity contribution in [3.05, 3.63) is 30.1 Å². The lowest BCUT2D eigenvalue weighted by molar-refractivity contribution is 0.948. The van der Waals surface area contributed by atoms with E-state index in [4.69, 9.17) is 5.73 Å². The summed E-state index contributed by atoms with van der Waals surface area (Å²) in [7, 11) is 1.98. The Balaban J connectivity index is 2.21. The normalized spacial score (nSPS) is 11.2. The molecule has 0 aliphatic heterocycles. The van der Waals surface area contributed by atoms with Crippen molar-refractivity contribution in [2.24, 2.45) is 7.05 Å². The van der Waals surface area contributed by atoms with Gasteiger partial charge in [0.25, 0.3) is 0 Å². The number of hydrogen-bond donors (Lipinski definition) is 2. The zero-order valence-electron chi connectivity index (χ0n) is 9.73. The van der Waals surface area contributed by atoms with E-state index < -0.39 is 0 Å². The van der Waals surface area contributed by atoms with Crippen LogP contribution in [-0.2, 0) is 7.05 Å². The summed E-state index contributed by atoms with van der Waals surface area (Å²) >= 11 is 0. The van der Waals surface area contributed by atoms with Crippen LogP contribution in [0.2, 0.25) is 0 Å². The molecule has 1 aromatic carbocycles. The first kappa shape index (κ1) is 9.89. The molecule has 3 aromatic rings. The third-order valence-electron chi connectivity index (χ3n) is 3.06. The second-order valence-electron chi connectivity index (χ2n) is 4.17. The summed E-state index contributed by atoms with van der Waals surface area (Å²) in [5.41, 5.74) is 10.8. The number of benzene rings is 1. The lowest BCUT2D eigenvalue weighted by atomic mass is 10.1. The predicted molar refractivity (Wildman–Crippen MR) is 67.4 cm³/mol. The van der Waals surface area contributed by atoms with Gasteiger partial charge in [0.1, 0.15) is 5.82 Å². The maximum absolute atomic E-state index is 5.73. The van der Waals surface area contributed by atoms with Crippen LogP contribution >= 0.6 is 0 Å². The average molecular weight is 227 g/mol. The lowest BCUT2D eigenvalue weighted by Crippen LogP contribution is -1.87. The van der Waals surface area contributed by atoms with Crippen LogP contribution in [0.1, 0.15) is 5.56 Å². The Labute approximate surface area is 98.3 Å². The summed E-state index contributed by atoms with van der Waals surface area (Å²) in [5.74, 6) is 0.543. The third-order valence-corrected chi connectivity index (χ3v) is 3.06. The van der Waals surface area contributed by atoms with Crippen molar-refractivity contribution in [1.29, 1.82) is 0 Å². The van der Waals surface area contributed by atoms with E-state index in [1.54, 1.807) is 0 Å². The van der Waals surface area contributed by atoms with Gasteiger partial charge in [-0.1, -0.05) is 6.07 Å². The number of aryl methyl sites for hydroxylation is 1. The van der Waals surface area contributed by atoms with E-state index in [2.05, 4.69) is 15.2 Å². The van der Waals surface area contributed by atoms with Crippen LogP contribution in [0.25, 0.3) is 22.3 Å². The molecular formula is C12H13N5. The number of nitrogens with two attached hydrogens (primary N) is 1. The number of fused-ring (bicyclic) bond motifs is 1. The molecule has 0 spiro atoms. The maximum atomic E-state index is 5.73. The van der Waals surface area contributed by atoms with Crippen molar-refractivity contribution in [1.82, 2.24) is 19.7 Å². The van der Waals surface area contributed by atoms with E-state index in [9.17, 15) is 0 Å². The Hall–Kier alpha value is -2.30. The van der Waals surface area contributed by atoms with Gasteiger partial charge in [0.15, 0.2) is 0 Å². The molecular weight excluding hydrogens is 214 g/mol. The fourth-order valence-corrected chi connectivity index (χ4v) is 1.98. The lowest BCUT2D eigenvalue weighted by Gasteiger charge is -2.00. The number of nitrogen functional groups attached to an aromatic ring is 1. The molecule has 0 aliphatic carbocycles. The third kappa shape index (κ3) is 1.39. The number of aromatic nitrogens is 4. The molecule has 0 aliphatic rings. The zero-order chi connectivity index (χ0) is 12.0. The largest absolute Gasteiger partial charge is 0.382 e. The van der Waals surface area contributed by atoms with Crippen LogP contribution in [-0.4, -0.2) is 19.7 Å². The average Bonchev–Trinajstić information content (AvgIpc) is 2.85. The Bertz CT molecular complexity index is 692. The highest BCUT2D eigenvalue weighted by Crippen LogP contribution is 2.26. The van der Waals surface area contributed by atoms with Crippen molar-refractivity contribution in [3.8, 4) is 11.3 Å². The van der Waals surface area contributed by atoms with Gasteiger partial charge >= 0.3 is 0 Å². The van der Waals surface area contributed by atoms with Crippen LogP contribution in [0.3, 0.4) is 0 Å². The molecule has 0 saturated heterocycles. The van der Waals surface area contributed by atoms with Crippen molar-refractivity contribution in [2.75, 3.05) is 5.73 Å². The molecule has 0 amide bonds. The number of nitrogens with one attached hydrogen (secondary N) is 1. The summed E-state index contributed by atoms with van der Waals surface area (Å²) in [5, 5.41) is 6.96. The highest BCUT2D eigenvalue weighted by Gasteiger charge is 2.09. The molecule has 0 bridgehead atoms. The smallest absolute Gasteiger partial charge is 0.148 e. The Morgan fingerprint density at radius 2 is 2.18 bits per heavy atom. The molecule has 2 heterocycles. The summed E-state index contributed by atoms with van der Waals surface area (Å²) < 4.78 is 1.99.